The number of benzene rings is 1. The quantitative estimate of drug-likeness (QED) is 0.591. The van der Waals surface area contributed by atoms with Gasteiger partial charge in [-0.25, -0.2) is 4.79 Å². The zero-order chi connectivity index (χ0) is 20.9. The number of carbonyl (C=O) groups is 3. The number of hydrogen-bond donors (Lipinski definition) is 3. The smallest absolute Gasteiger partial charge is 0.317 e. The van der Waals surface area contributed by atoms with E-state index >= 15 is 0 Å². The maximum absolute atomic E-state index is 13.3. The van der Waals surface area contributed by atoms with E-state index in [2.05, 4.69) is 31.9 Å². The Bertz CT molecular complexity index is 870. The molecule has 8 heteroatoms. The van der Waals surface area contributed by atoms with Crippen molar-refractivity contribution in [3.8, 4) is 0 Å². The second kappa shape index (κ2) is 7.55. The van der Waals surface area contributed by atoms with E-state index in [1.165, 1.54) is 0 Å². The summed E-state index contributed by atoms with van der Waals surface area (Å²) < 4.78 is 0.960. The fourth-order valence-corrected chi connectivity index (χ4v) is 6.54. The molecule has 0 unspecified atom stereocenters. The van der Waals surface area contributed by atoms with Gasteiger partial charge in [-0.05, 0) is 67.2 Å². The van der Waals surface area contributed by atoms with E-state index < -0.39 is 0 Å². The number of halogens is 1. The average Bonchev–Trinajstić information content (AvgIpc) is 3.23. The highest BCUT2D eigenvalue weighted by Gasteiger charge is 2.71. The maximum Gasteiger partial charge on any atom is 0.317 e. The summed E-state index contributed by atoms with van der Waals surface area (Å²) in [5.74, 6) is 0.00861. The molecule has 2 bridgehead atoms. The molecule has 1 spiro atoms. The van der Waals surface area contributed by atoms with Gasteiger partial charge in [0, 0.05) is 36.3 Å². The zero-order valence-electron chi connectivity index (χ0n) is 16.8. The first-order valence-corrected chi connectivity index (χ1v) is 11.7. The second-order valence-corrected chi connectivity index (χ2v) is 10.00. The lowest BCUT2D eigenvalue weighted by atomic mass is 9.78. The largest absolute Gasteiger partial charge is 0.354 e. The van der Waals surface area contributed by atoms with Crippen molar-refractivity contribution in [2.45, 2.75) is 25.7 Å². The number of anilines is 1. The first-order chi connectivity index (χ1) is 14.5. The lowest BCUT2D eigenvalue weighted by molar-refractivity contribution is -0.134. The first kappa shape index (κ1) is 19.8. The van der Waals surface area contributed by atoms with Crippen molar-refractivity contribution < 1.29 is 14.4 Å². The van der Waals surface area contributed by atoms with Crippen LogP contribution in [-0.2, 0) is 9.59 Å². The fourth-order valence-electron chi connectivity index (χ4n) is 6.28. The summed E-state index contributed by atoms with van der Waals surface area (Å²) in [7, 11) is 0. The van der Waals surface area contributed by atoms with Gasteiger partial charge in [0.15, 0.2) is 0 Å². The lowest BCUT2D eigenvalue weighted by Gasteiger charge is -2.29. The molecule has 7 nitrogen and oxygen atoms in total. The minimum Gasteiger partial charge on any atom is -0.354 e. The van der Waals surface area contributed by atoms with Crippen molar-refractivity contribution >= 4 is 39.5 Å². The van der Waals surface area contributed by atoms with Crippen molar-refractivity contribution in [2.75, 3.05) is 31.5 Å². The van der Waals surface area contributed by atoms with Crippen molar-refractivity contribution in [3.05, 3.63) is 28.7 Å². The third-order valence-electron chi connectivity index (χ3n) is 7.69. The van der Waals surface area contributed by atoms with Crippen LogP contribution in [-0.4, -0.2) is 48.9 Å². The van der Waals surface area contributed by atoms with E-state index in [9.17, 15) is 14.4 Å². The molecule has 160 valence electrons. The molecule has 1 aliphatic heterocycles. The molecule has 4 amide bonds. The molecular formula is C22H27BrN4O3. The second-order valence-electron chi connectivity index (χ2n) is 9.08. The SMILES string of the molecule is O=C(NCCN1CCNC1=O)[C@H]1[C@H](C(=O)Nc2ccc(Br)cc2)[C@@H]2CC[C@H]1C21CC1. The van der Waals surface area contributed by atoms with Gasteiger partial charge in [0.25, 0.3) is 0 Å². The molecule has 4 fully saturated rings. The summed E-state index contributed by atoms with van der Waals surface area (Å²) in [4.78, 5) is 39.9. The Labute approximate surface area is 184 Å². The highest BCUT2D eigenvalue weighted by molar-refractivity contribution is 9.10. The third kappa shape index (κ3) is 3.29. The highest BCUT2D eigenvalue weighted by Crippen LogP contribution is 2.74. The number of amides is 4. The Balaban J connectivity index is 1.28. The number of nitrogens with zero attached hydrogens (tertiary/aromatic N) is 1. The summed E-state index contributed by atoms with van der Waals surface area (Å²) >= 11 is 3.41. The normalized spacial score (nSPS) is 30.4. The zero-order valence-corrected chi connectivity index (χ0v) is 18.4. The third-order valence-corrected chi connectivity index (χ3v) is 8.22. The molecule has 1 aromatic carbocycles. The molecule has 1 heterocycles. The summed E-state index contributed by atoms with van der Waals surface area (Å²) in [6.45, 7) is 2.25. The predicted octanol–water partition coefficient (Wildman–Crippen LogP) is 2.58. The van der Waals surface area contributed by atoms with Crippen LogP contribution in [0.1, 0.15) is 25.7 Å². The van der Waals surface area contributed by atoms with Gasteiger partial charge in [0.2, 0.25) is 11.8 Å². The number of urea groups is 1. The first-order valence-electron chi connectivity index (χ1n) is 10.9. The maximum atomic E-state index is 13.3. The van der Waals surface area contributed by atoms with E-state index in [4.69, 9.17) is 0 Å². The summed E-state index contributed by atoms with van der Waals surface area (Å²) in [6, 6.07) is 7.47. The minimum absolute atomic E-state index is 0.0240. The molecule has 0 radical (unpaired) electrons. The Morgan fingerprint density at radius 2 is 1.77 bits per heavy atom. The van der Waals surface area contributed by atoms with Crippen molar-refractivity contribution in [1.82, 2.24) is 15.5 Å². The standard InChI is InChI=1S/C22H27BrN4O3/c23-13-1-3-14(4-2-13)26-20(29)18-16-6-5-15(22(16)7-8-22)17(18)19(28)24-9-11-27-12-10-25-21(27)30/h1-4,15-18H,5-12H2,(H,24,28)(H,25,30)(H,26,29)/t15-,16+,17-,18-/m1/s1. The van der Waals surface area contributed by atoms with Crippen LogP contribution in [0.4, 0.5) is 10.5 Å². The van der Waals surface area contributed by atoms with E-state index in [0.29, 0.717) is 38.0 Å². The van der Waals surface area contributed by atoms with Gasteiger partial charge in [-0.2, -0.15) is 0 Å². The fraction of sp³-hybridized carbons (Fsp3) is 0.591. The molecule has 30 heavy (non-hydrogen) atoms. The van der Waals surface area contributed by atoms with Crippen LogP contribution in [0, 0.1) is 29.1 Å². The molecule has 0 aromatic heterocycles. The van der Waals surface area contributed by atoms with E-state index in [-0.39, 0.29) is 35.1 Å². The molecule has 3 N–H and O–H groups in total. The molecule has 3 aliphatic carbocycles. The van der Waals surface area contributed by atoms with Gasteiger partial charge in [0.05, 0.1) is 11.8 Å². The molecule has 1 saturated heterocycles. The van der Waals surface area contributed by atoms with Gasteiger partial charge in [0.1, 0.15) is 0 Å². The Morgan fingerprint density at radius 3 is 2.37 bits per heavy atom. The molecular weight excluding hydrogens is 448 g/mol. The van der Waals surface area contributed by atoms with Crippen LogP contribution in [0.25, 0.3) is 0 Å². The Hall–Kier alpha value is -2.09. The summed E-state index contributed by atoms with van der Waals surface area (Å²) in [6.07, 6.45) is 4.37. The highest BCUT2D eigenvalue weighted by atomic mass is 79.9. The van der Waals surface area contributed by atoms with Crippen LogP contribution < -0.4 is 16.0 Å². The van der Waals surface area contributed by atoms with E-state index in [0.717, 1.165) is 35.8 Å². The van der Waals surface area contributed by atoms with Crippen LogP contribution in [0.3, 0.4) is 0 Å². The summed E-state index contributed by atoms with van der Waals surface area (Å²) in [5, 5.41) is 8.85. The van der Waals surface area contributed by atoms with Gasteiger partial charge in [-0.3, -0.25) is 9.59 Å². The number of rotatable bonds is 6. The van der Waals surface area contributed by atoms with Crippen LogP contribution in [0.5, 0.6) is 0 Å². The topological polar surface area (TPSA) is 90.5 Å². The molecule has 3 saturated carbocycles. The van der Waals surface area contributed by atoms with Gasteiger partial charge < -0.3 is 20.9 Å². The summed E-state index contributed by atoms with van der Waals surface area (Å²) in [5.41, 5.74) is 0.966. The number of carbonyl (C=O) groups excluding carboxylic acids is 3. The minimum atomic E-state index is -0.273. The predicted molar refractivity (Wildman–Crippen MR) is 116 cm³/mol. The molecule has 4 atom stereocenters. The van der Waals surface area contributed by atoms with Crippen molar-refractivity contribution in [1.29, 1.82) is 0 Å². The van der Waals surface area contributed by atoms with Crippen LogP contribution >= 0.6 is 15.9 Å². The van der Waals surface area contributed by atoms with E-state index in [1.807, 2.05) is 24.3 Å². The van der Waals surface area contributed by atoms with Crippen LogP contribution in [0.2, 0.25) is 0 Å². The lowest BCUT2D eigenvalue weighted by Crippen LogP contribution is -2.45. The monoisotopic (exact) mass is 474 g/mol. The van der Waals surface area contributed by atoms with Gasteiger partial charge in [-0.1, -0.05) is 15.9 Å². The Morgan fingerprint density at radius 1 is 1.10 bits per heavy atom. The molecule has 1 aromatic rings. The number of nitrogens with one attached hydrogen (secondary N) is 3. The van der Waals surface area contributed by atoms with Gasteiger partial charge >= 0.3 is 6.03 Å². The Kier molecular flexibility index (Phi) is 5.00. The van der Waals surface area contributed by atoms with Gasteiger partial charge in [-0.15, -0.1) is 0 Å². The van der Waals surface area contributed by atoms with Crippen LogP contribution in [0.15, 0.2) is 28.7 Å². The van der Waals surface area contributed by atoms with Crippen molar-refractivity contribution in [3.63, 3.8) is 0 Å². The average molecular weight is 475 g/mol. The molecule has 5 rings (SSSR count). The molecule has 4 aliphatic rings. The van der Waals surface area contributed by atoms with Crippen molar-refractivity contribution in [2.24, 2.45) is 29.1 Å². The van der Waals surface area contributed by atoms with E-state index in [1.54, 1.807) is 4.90 Å². The number of hydrogen-bond acceptors (Lipinski definition) is 3.